The van der Waals surface area contributed by atoms with Crippen LogP contribution < -0.4 is 0 Å². The van der Waals surface area contributed by atoms with Gasteiger partial charge in [0.25, 0.3) is 5.91 Å². The van der Waals surface area contributed by atoms with Crippen molar-refractivity contribution in [2.75, 3.05) is 20.2 Å². The number of fused-ring (bicyclic) bond motifs is 1. The van der Waals surface area contributed by atoms with E-state index in [1.807, 2.05) is 6.92 Å². The number of esters is 1. The smallest absolute Gasteiger partial charge is 0.310 e. The molecule has 0 radical (unpaired) electrons. The Hall–Kier alpha value is -3.30. The van der Waals surface area contributed by atoms with E-state index in [0.29, 0.717) is 36.3 Å². The van der Waals surface area contributed by atoms with Crippen LogP contribution in [0.5, 0.6) is 0 Å². The SMILES string of the molecule is CC[C@H]1[C@@H](C(=O)OC)C[C@H]2CN(C(=O)c3ccccc3-c3nn[nH]n3)CC(=O)N21. The lowest BCUT2D eigenvalue weighted by atomic mass is 9.97. The summed E-state index contributed by atoms with van der Waals surface area (Å²) in [5.74, 6) is -0.769. The molecule has 2 aromatic rings. The maximum atomic E-state index is 13.2. The quantitative estimate of drug-likeness (QED) is 0.744. The van der Waals surface area contributed by atoms with Crippen LogP contribution in [0.1, 0.15) is 30.1 Å². The number of aromatic amines is 1. The average Bonchev–Trinajstić information content (AvgIpc) is 3.40. The Morgan fingerprint density at radius 3 is 2.79 bits per heavy atom. The molecule has 10 heteroatoms. The van der Waals surface area contributed by atoms with Crippen molar-refractivity contribution in [1.29, 1.82) is 0 Å². The third-order valence-electron chi connectivity index (χ3n) is 5.74. The fraction of sp³-hybridized carbons (Fsp3) is 0.474. The molecular formula is C19H22N6O4. The molecule has 3 atom stereocenters. The van der Waals surface area contributed by atoms with E-state index in [9.17, 15) is 14.4 Å². The molecule has 3 heterocycles. The van der Waals surface area contributed by atoms with Gasteiger partial charge in [0.15, 0.2) is 0 Å². The minimum absolute atomic E-state index is 0.0275. The highest BCUT2D eigenvalue weighted by molar-refractivity contribution is 6.02. The molecule has 0 spiro atoms. The van der Waals surface area contributed by atoms with Gasteiger partial charge in [0.05, 0.1) is 24.6 Å². The second-order valence-corrected chi connectivity index (χ2v) is 7.26. The van der Waals surface area contributed by atoms with Crippen LogP contribution in [0.3, 0.4) is 0 Å². The van der Waals surface area contributed by atoms with Crippen molar-refractivity contribution in [3.63, 3.8) is 0 Å². The first kappa shape index (κ1) is 19.0. The molecule has 0 aliphatic carbocycles. The van der Waals surface area contributed by atoms with Gasteiger partial charge < -0.3 is 14.5 Å². The Kier molecular flexibility index (Phi) is 4.99. The normalized spacial score (nSPS) is 23.8. The number of tetrazole rings is 1. The first-order chi connectivity index (χ1) is 14.0. The zero-order valence-corrected chi connectivity index (χ0v) is 16.2. The highest BCUT2D eigenvalue weighted by atomic mass is 16.5. The van der Waals surface area contributed by atoms with Gasteiger partial charge >= 0.3 is 5.97 Å². The third kappa shape index (κ3) is 3.24. The molecule has 10 nitrogen and oxygen atoms in total. The van der Waals surface area contributed by atoms with Crippen molar-refractivity contribution in [2.24, 2.45) is 5.92 Å². The minimum Gasteiger partial charge on any atom is -0.469 e. The molecule has 0 unspecified atom stereocenters. The van der Waals surface area contributed by atoms with Crippen LogP contribution >= 0.6 is 0 Å². The van der Waals surface area contributed by atoms with Crippen molar-refractivity contribution in [3.05, 3.63) is 29.8 Å². The summed E-state index contributed by atoms with van der Waals surface area (Å²) in [5.41, 5.74) is 0.955. The number of hydrogen-bond acceptors (Lipinski definition) is 7. The number of benzene rings is 1. The van der Waals surface area contributed by atoms with Gasteiger partial charge in [-0.3, -0.25) is 14.4 Å². The molecule has 29 heavy (non-hydrogen) atoms. The standard InChI is InChI=1S/C19H22N6O4/c1-3-15-14(19(28)29-2)8-11-9-24(10-16(26)25(11)15)18(27)13-7-5-4-6-12(13)17-20-22-23-21-17/h4-7,11,14-15H,3,8-10H2,1-2H3,(H,20,21,22,23)/t11-,14-,15-/m0/s1. The van der Waals surface area contributed by atoms with Gasteiger partial charge in [-0.05, 0) is 24.1 Å². The number of rotatable bonds is 4. The molecule has 4 rings (SSSR count). The Bertz CT molecular complexity index is 931. The molecule has 2 saturated heterocycles. The molecule has 2 amide bonds. The summed E-state index contributed by atoms with van der Waals surface area (Å²) in [4.78, 5) is 41.6. The van der Waals surface area contributed by atoms with Crippen molar-refractivity contribution >= 4 is 17.8 Å². The monoisotopic (exact) mass is 398 g/mol. The highest BCUT2D eigenvalue weighted by Gasteiger charge is 2.50. The van der Waals surface area contributed by atoms with Crippen LogP contribution in [0.15, 0.2) is 24.3 Å². The van der Waals surface area contributed by atoms with Gasteiger partial charge in [0.2, 0.25) is 11.7 Å². The molecule has 2 fully saturated rings. The molecule has 1 aromatic heterocycles. The number of methoxy groups -OCH3 is 1. The molecule has 2 aliphatic heterocycles. The van der Waals surface area contributed by atoms with Crippen LogP contribution in [0.2, 0.25) is 0 Å². The predicted octanol–water partition coefficient (Wildman–Crippen LogP) is 0.491. The molecule has 152 valence electrons. The Labute approximate surface area is 167 Å². The first-order valence-electron chi connectivity index (χ1n) is 9.56. The number of piperazine rings is 1. The van der Waals surface area contributed by atoms with Crippen LogP contribution in [0.4, 0.5) is 0 Å². The topological polar surface area (TPSA) is 121 Å². The zero-order valence-electron chi connectivity index (χ0n) is 16.2. The summed E-state index contributed by atoms with van der Waals surface area (Å²) in [5, 5.41) is 13.9. The minimum atomic E-state index is -0.361. The maximum Gasteiger partial charge on any atom is 0.310 e. The van der Waals surface area contributed by atoms with Crippen molar-refractivity contribution in [3.8, 4) is 11.4 Å². The maximum absolute atomic E-state index is 13.2. The fourth-order valence-electron chi connectivity index (χ4n) is 4.49. The third-order valence-corrected chi connectivity index (χ3v) is 5.74. The van der Waals surface area contributed by atoms with Crippen molar-refractivity contribution in [2.45, 2.75) is 31.8 Å². The second-order valence-electron chi connectivity index (χ2n) is 7.26. The van der Waals surface area contributed by atoms with E-state index in [1.54, 1.807) is 29.2 Å². The Morgan fingerprint density at radius 1 is 1.31 bits per heavy atom. The Morgan fingerprint density at radius 2 is 2.10 bits per heavy atom. The molecule has 0 bridgehead atoms. The van der Waals surface area contributed by atoms with Gasteiger partial charge in [-0.2, -0.15) is 5.21 Å². The van der Waals surface area contributed by atoms with E-state index in [1.165, 1.54) is 12.0 Å². The number of nitrogens with zero attached hydrogens (tertiary/aromatic N) is 5. The number of amides is 2. The summed E-state index contributed by atoms with van der Waals surface area (Å²) in [6.07, 6.45) is 1.16. The van der Waals surface area contributed by atoms with E-state index in [0.717, 1.165) is 0 Å². The number of carbonyl (C=O) groups is 3. The summed E-state index contributed by atoms with van der Waals surface area (Å²) in [6.45, 7) is 2.30. The lowest BCUT2D eigenvalue weighted by molar-refractivity contribution is -0.147. The van der Waals surface area contributed by atoms with E-state index in [2.05, 4.69) is 20.6 Å². The van der Waals surface area contributed by atoms with Gasteiger partial charge in [0.1, 0.15) is 6.54 Å². The molecule has 2 aliphatic rings. The predicted molar refractivity (Wildman–Crippen MR) is 100 cm³/mol. The summed E-state index contributed by atoms with van der Waals surface area (Å²) in [7, 11) is 1.36. The zero-order chi connectivity index (χ0) is 20.5. The second kappa shape index (κ2) is 7.61. The largest absolute Gasteiger partial charge is 0.469 e. The summed E-state index contributed by atoms with van der Waals surface area (Å²) < 4.78 is 4.93. The number of nitrogens with one attached hydrogen (secondary N) is 1. The van der Waals surface area contributed by atoms with Crippen LogP contribution in [-0.4, -0.2) is 80.5 Å². The van der Waals surface area contributed by atoms with Gasteiger partial charge in [-0.15, -0.1) is 10.2 Å². The number of carbonyl (C=O) groups excluding carboxylic acids is 3. The van der Waals surface area contributed by atoms with Crippen LogP contribution in [-0.2, 0) is 14.3 Å². The lowest BCUT2D eigenvalue weighted by Crippen LogP contribution is -2.57. The number of hydrogen-bond donors (Lipinski definition) is 1. The number of H-pyrrole nitrogens is 1. The highest BCUT2D eigenvalue weighted by Crippen LogP contribution is 2.36. The van der Waals surface area contributed by atoms with Gasteiger partial charge in [-0.1, -0.05) is 25.1 Å². The van der Waals surface area contributed by atoms with E-state index >= 15 is 0 Å². The summed E-state index contributed by atoms with van der Waals surface area (Å²) in [6, 6.07) is 6.58. The molecule has 1 N–H and O–H groups in total. The van der Waals surface area contributed by atoms with Crippen molar-refractivity contribution < 1.29 is 19.1 Å². The first-order valence-corrected chi connectivity index (χ1v) is 9.56. The van der Waals surface area contributed by atoms with Gasteiger partial charge in [-0.25, -0.2) is 0 Å². The Balaban J connectivity index is 1.59. The van der Waals surface area contributed by atoms with E-state index in [4.69, 9.17) is 4.74 Å². The van der Waals surface area contributed by atoms with E-state index < -0.39 is 0 Å². The molecule has 1 aromatic carbocycles. The lowest BCUT2D eigenvalue weighted by Gasteiger charge is -2.39. The number of ether oxygens (including phenoxy) is 1. The van der Waals surface area contributed by atoms with Crippen LogP contribution in [0, 0.1) is 5.92 Å². The molecule has 0 saturated carbocycles. The van der Waals surface area contributed by atoms with Crippen LogP contribution in [0.25, 0.3) is 11.4 Å². The average molecular weight is 398 g/mol. The fourth-order valence-corrected chi connectivity index (χ4v) is 4.49. The summed E-state index contributed by atoms with van der Waals surface area (Å²) >= 11 is 0. The molecular weight excluding hydrogens is 376 g/mol. The van der Waals surface area contributed by atoms with E-state index in [-0.39, 0.29) is 42.3 Å². The van der Waals surface area contributed by atoms with Crippen molar-refractivity contribution in [1.82, 2.24) is 30.4 Å². The van der Waals surface area contributed by atoms with Gasteiger partial charge in [0, 0.05) is 18.2 Å². The number of aromatic nitrogens is 4.